The van der Waals surface area contributed by atoms with Crippen LogP contribution in [0, 0.1) is 12.8 Å². The van der Waals surface area contributed by atoms with Crippen molar-refractivity contribution in [2.24, 2.45) is 15.9 Å². The number of amidine groups is 1. The third-order valence-corrected chi connectivity index (χ3v) is 5.99. The van der Waals surface area contributed by atoms with E-state index >= 15 is 0 Å². The number of carbonyl (C=O) groups is 2. The minimum absolute atomic E-state index is 0.136. The molecule has 3 rings (SSSR count). The lowest BCUT2D eigenvalue weighted by Gasteiger charge is -2.36. The van der Waals surface area contributed by atoms with Gasteiger partial charge in [-0.2, -0.15) is 4.99 Å². The van der Waals surface area contributed by atoms with Crippen molar-refractivity contribution in [3.05, 3.63) is 28.8 Å². The first-order valence-corrected chi connectivity index (χ1v) is 10.3. The Hall–Kier alpha value is -1.70. The summed E-state index contributed by atoms with van der Waals surface area (Å²) in [6, 6.07) is 5.77. The van der Waals surface area contributed by atoms with E-state index in [1.54, 1.807) is 12.1 Å². The number of fused-ring (bicyclic) bond motifs is 1. The minimum atomic E-state index is -0.242. The van der Waals surface area contributed by atoms with E-state index in [1.807, 2.05) is 13.0 Å². The number of hydrogen-bond acceptors (Lipinski definition) is 5. The number of benzene rings is 1. The molecule has 0 saturated carbocycles. The standard InChI is InChI=1S/C19H23ClN4O2S/c1-11(2)24-7-6-16-14(9-24)18(26)23-19(22-16)27-10-17(25)21-13-5-4-12(3)15(20)8-13/h4-5,8,11,14H,6-7,9-10H2,1-3H3,(H,21,25). The average molecular weight is 407 g/mol. The van der Waals surface area contributed by atoms with E-state index in [1.165, 1.54) is 11.8 Å². The first kappa shape index (κ1) is 20.0. The maximum atomic E-state index is 12.4. The van der Waals surface area contributed by atoms with E-state index in [9.17, 15) is 9.59 Å². The number of aryl methyl sites for hydroxylation is 1. The Morgan fingerprint density at radius 2 is 2.19 bits per heavy atom. The van der Waals surface area contributed by atoms with Gasteiger partial charge in [0.1, 0.15) is 0 Å². The molecular weight excluding hydrogens is 384 g/mol. The topological polar surface area (TPSA) is 74.1 Å². The monoisotopic (exact) mass is 406 g/mol. The molecule has 1 fully saturated rings. The molecule has 1 saturated heterocycles. The van der Waals surface area contributed by atoms with Gasteiger partial charge in [-0.15, -0.1) is 0 Å². The number of amides is 2. The fourth-order valence-electron chi connectivity index (χ4n) is 3.07. The molecule has 144 valence electrons. The lowest BCUT2D eigenvalue weighted by molar-refractivity contribution is -0.120. The molecule has 6 nitrogen and oxygen atoms in total. The molecule has 2 aliphatic rings. The number of hydrogen-bond donors (Lipinski definition) is 1. The minimum Gasteiger partial charge on any atom is -0.325 e. The SMILES string of the molecule is Cc1ccc(NC(=O)CSC2=NC(=O)C3CN(C(C)C)CCC3=N2)cc1Cl. The molecule has 27 heavy (non-hydrogen) atoms. The van der Waals surface area contributed by atoms with E-state index in [4.69, 9.17) is 11.6 Å². The molecule has 1 aromatic carbocycles. The third kappa shape index (κ3) is 4.97. The number of rotatable bonds is 4. The number of likely N-dealkylation sites (tertiary alicyclic amines) is 1. The average Bonchev–Trinajstić information content (AvgIpc) is 2.63. The van der Waals surface area contributed by atoms with Crippen LogP contribution in [0.15, 0.2) is 28.2 Å². The number of halogens is 1. The van der Waals surface area contributed by atoms with Gasteiger partial charge in [-0.25, -0.2) is 4.99 Å². The summed E-state index contributed by atoms with van der Waals surface area (Å²) >= 11 is 7.25. The predicted octanol–water partition coefficient (Wildman–Crippen LogP) is 3.39. The summed E-state index contributed by atoms with van der Waals surface area (Å²) in [7, 11) is 0. The quantitative estimate of drug-likeness (QED) is 0.831. The Kier molecular flexibility index (Phi) is 6.34. The second kappa shape index (κ2) is 8.54. The smallest absolute Gasteiger partial charge is 0.258 e. The van der Waals surface area contributed by atoms with Gasteiger partial charge in [-0.1, -0.05) is 29.4 Å². The highest BCUT2D eigenvalue weighted by molar-refractivity contribution is 8.14. The Labute approximate surface area is 168 Å². The summed E-state index contributed by atoms with van der Waals surface area (Å²) in [5.41, 5.74) is 2.48. The molecule has 1 aromatic rings. The highest BCUT2D eigenvalue weighted by atomic mass is 35.5. The number of anilines is 1. The normalized spacial score (nSPS) is 20.2. The van der Waals surface area contributed by atoms with Gasteiger partial charge in [0.15, 0.2) is 5.17 Å². The van der Waals surface area contributed by atoms with Crippen molar-refractivity contribution in [1.82, 2.24) is 4.90 Å². The molecular formula is C19H23ClN4O2S. The van der Waals surface area contributed by atoms with Crippen LogP contribution in [0.3, 0.4) is 0 Å². The second-order valence-electron chi connectivity index (χ2n) is 7.03. The van der Waals surface area contributed by atoms with Gasteiger partial charge < -0.3 is 5.32 Å². The van der Waals surface area contributed by atoms with Crippen LogP contribution in [0.4, 0.5) is 5.69 Å². The Balaban J connectivity index is 1.56. The van der Waals surface area contributed by atoms with Gasteiger partial charge in [0.2, 0.25) is 5.91 Å². The first-order valence-electron chi connectivity index (χ1n) is 8.96. The van der Waals surface area contributed by atoms with Crippen LogP contribution < -0.4 is 5.32 Å². The molecule has 2 heterocycles. The van der Waals surface area contributed by atoms with Crippen molar-refractivity contribution in [2.75, 3.05) is 24.2 Å². The van der Waals surface area contributed by atoms with E-state index in [0.29, 0.717) is 28.5 Å². The van der Waals surface area contributed by atoms with Crippen LogP contribution in [0.1, 0.15) is 25.8 Å². The highest BCUT2D eigenvalue weighted by Crippen LogP contribution is 2.24. The molecule has 2 amide bonds. The lowest BCUT2D eigenvalue weighted by atomic mass is 9.93. The molecule has 2 aliphatic heterocycles. The summed E-state index contributed by atoms with van der Waals surface area (Å²) < 4.78 is 0. The van der Waals surface area contributed by atoms with Crippen molar-refractivity contribution >= 4 is 51.7 Å². The van der Waals surface area contributed by atoms with Crippen LogP contribution in [0.2, 0.25) is 5.02 Å². The summed E-state index contributed by atoms with van der Waals surface area (Å²) in [5, 5.41) is 3.78. The molecule has 0 aromatic heterocycles. The largest absolute Gasteiger partial charge is 0.325 e. The summed E-state index contributed by atoms with van der Waals surface area (Å²) in [6.45, 7) is 7.72. The maximum Gasteiger partial charge on any atom is 0.258 e. The van der Waals surface area contributed by atoms with Gasteiger partial charge in [0.05, 0.1) is 11.7 Å². The van der Waals surface area contributed by atoms with Crippen LogP contribution in [-0.2, 0) is 9.59 Å². The molecule has 1 N–H and O–H groups in total. The molecule has 1 atom stereocenters. The number of aliphatic imine (C=N–C) groups is 2. The predicted molar refractivity (Wildman–Crippen MR) is 112 cm³/mol. The molecule has 0 bridgehead atoms. The fraction of sp³-hybridized carbons (Fsp3) is 0.474. The Morgan fingerprint density at radius 1 is 1.41 bits per heavy atom. The van der Waals surface area contributed by atoms with Crippen molar-refractivity contribution in [3.8, 4) is 0 Å². The summed E-state index contributed by atoms with van der Waals surface area (Å²) in [4.78, 5) is 35.4. The van der Waals surface area contributed by atoms with E-state index in [2.05, 4.69) is 34.0 Å². The van der Waals surface area contributed by atoms with Gasteiger partial charge in [-0.3, -0.25) is 14.5 Å². The number of nitrogens with zero attached hydrogens (tertiary/aromatic N) is 3. The maximum absolute atomic E-state index is 12.4. The second-order valence-corrected chi connectivity index (χ2v) is 8.38. The molecule has 1 unspecified atom stereocenters. The number of piperidine rings is 1. The zero-order valence-electron chi connectivity index (χ0n) is 15.7. The van der Waals surface area contributed by atoms with Gasteiger partial charge in [0.25, 0.3) is 5.91 Å². The van der Waals surface area contributed by atoms with Gasteiger partial charge in [-0.05, 0) is 44.9 Å². The number of thioether (sulfide) groups is 1. The lowest BCUT2D eigenvalue weighted by Crippen LogP contribution is -2.48. The van der Waals surface area contributed by atoms with Crippen LogP contribution in [0.5, 0.6) is 0 Å². The molecule has 8 heteroatoms. The Bertz CT molecular complexity index is 822. The van der Waals surface area contributed by atoms with E-state index < -0.39 is 0 Å². The molecule has 0 radical (unpaired) electrons. The van der Waals surface area contributed by atoms with Crippen molar-refractivity contribution in [2.45, 2.75) is 33.2 Å². The molecule has 0 aliphatic carbocycles. The first-order chi connectivity index (χ1) is 12.8. The Morgan fingerprint density at radius 3 is 2.89 bits per heavy atom. The summed E-state index contributed by atoms with van der Waals surface area (Å²) in [6.07, 6.45) is 0.766. The highest BCUT2D eigenvalue weighted by Gasteiger charge is 2.35. The summed E-state index contributed by atoms with van der Waals surface area (Å²) in [5.74, 6) is -0.448. The van der Waals surface area contributed by atoms with Crippen molar-refractivity contribution in [3.63, 3.8) is 0 Å². The number of nitrogens with one attached hydrogen (secondary N) is 1. The van der Waals surface area contributed by atoms with Crippen LogP contribution in [0.25, 0.3) is 0 Å². The fourth-order valence-corrected chi connectivity index (χ4v) is 3.92. The van der Waals surface area contributed by atoms with Crippen molar-refractivity contribution in [1.29, 1.82) is 0 Å². The zero-order chi connectivity index (χ0) is 19.6. The van der Waals surface area contributed by atoms with Gasteiger partial charge in [0, 0.05) is 35.6 Å². The zero-order valence-corrected chi connectivity index (χ0v) is 17.2. The number of carbonyl (C=O) groups excluding carboxylic acids is 2. The van der Waals surface area contributed by atoms with Crippen LogP contribution in [-0.4, -0.2) is 52.5 Å². The van der Waals surface area contributed by atoms with Crippen LogP contribution >= 0.6 is 23.4 Å². The third-order valence-electron chi connectivity index (χ3n) is 4.74. The van der Waals surface area contributed by atoms with E-state index in [0.717, 1.165) is 24.2 Å². The van der Waals surface area contributed by atoms with E-state index in [-0.39, 0.29) is 23.5 Å². The van der Waals surface area contributed by atoms with Gasteiger partial charge >= 0.3 is 0 Å². The van der Waals surface area contributed by atoms with Crippen molar-refractivity contribution < 1.29 is 9.59 Å². The molecule has 0 spiro atoms.